The Bertz CT molecular complexity index is 504. The van der Waals surface area contributed by atoms with E-state index in [2.05, 4.69) is 0 Å². The molecule has 0 radical (unpaired) electrons. The molecule has 2 heteroatoms. The monoisotopic (exact) mass is 214 g/mol. The summed E-state index contributed by atoms with van der Waals surface area (Å²) in [4.78, 5) is 0. The number of benzene rings is 2. The molecule has 0 amide bonds. The van der Waals surface area contributed by atoms with Crippen LogP contribution in [0.1, 0.15) is 5.56 Å². The third-order valence-electron chi connectivity index (χ3n) is 2.53. The van der Waals surface area contributed by atoms with Gasteiger partial charge in [-0.1, -0.05) is 24.3 Å². The van der Waals surface area contributed by atoms with Crippen molar-refractivity contribution in [1.29, 1.82) is 0 Å². The molecule has 0 saturated carbocycles. The van der Waals surface area contributed by atoms with Gasteiger partial charge in [0, 0.05) is 5.56 Å². The fourth-order valence-corrected chi connectivity index (χ4v) is 1.68. The number of aryl methyl sites for hydroxylation is 1. The van der Waals surface area contributed by atoms with Crippen LogP contribution in [0.15, 0.2) is 42.5 Å². The SMILES string of the molecule is COc1cccc(-c2ccc(C)cc2O)c1. The predicted octanol–water partition coefficient (Wildman–Crippen LogP) is 3.38. The van der Waals surface area contributed by atoms with E-state index >= 15 is 0 Å². The lowest BCUT2D eigenvalue weighted by molar-refractivity contribution is 0.415. The topological polar surface area (TPSA) is 29.5 Å². The molecule has 0 fully saturated rings. The van der Waals surface area contributed by atoms with E-state index in [1.165, 1.54) is 0 Å². The molecule has 0 saturated heterocycles. The third kappa shape index (κ3) is 2.01. The smallest absolute Gasteiger partial charge is 0.123 e. The fourth-order valence-electron chi connectivity index (χ4n) is 1.68. The summed E-state index contributed by atoms with van der Waals surface area (Å²) in [7, 11) is 1.63. The molecule has 0 aliphatic rings. The molecule has 2 aromatic carbocycles. The van der Waals surface area contributed by atoms with Crippen molar-refractivity contribution in [3.63, 3.8) is 0 Å². The van der Waals surface area contributed by atoms with Crippen molar-refractivity contribution in [3.05, 3.63) is 48.0 Å². The molecule has 2 rings (SSSR count). The van der Waals surface area contributed by atoms with Crippen molar-refractivity contribution in [2.24, 2.45) is 0 Å². The van der Waals surface area contributed by atoms with Crippen molar-refractivity contribution in [2.75, 3.05) is 7.11 Å². The fraction of sp³-hybridized carbons (Fsp3) is 0.143. The van der Waals surface area contributed by atoms with E-state index < -0.39 is 0 Å². The zero-order chi connectivity index (χ0) is 11.5. The van der Waals surface area contributed by atoms with Crippen molar-refractivity contribution >= 4 is 0 Å². The van der Waals surface area contributed by atoms with Gasteiger partial charge in [0.15, 0.2) is 0 Å². The average Bonchev–Trinajstić information content (AvgIpc) is 2.29. The van der Waals surface area contributed by atoms with Crippen LogP contribution in [0.2, 0.25) is 0 Å². The number of methoxy groups -OCH3 is 1. The molecule has 1 N–H and O–H groups in total. The first-order chi connectivity index (χ1) is 7.70. The summed E-state index contributed by atoms with van der Waals surface area (Å²) in [5.74, 6) is 1.09. The van der Waals surface area contributed by atoms with E-state index in [1.807, 2.05) is 43.3 Å². The highest BCUT2D eigenvalue weighted by Gasteiger charge is 2.04. The lowest BCUT2D eigenvalue weighted by Gasteiger charge is -2.07. The maximum atomic E-state index is 9.87. The van der Waals surface area contributed by atoms with Gasteiger partial charge in [-0.05, 0) is 36.2 Å². The van der Waals surface area contributed by atoms with Crippen LogP contribution in [0.4, 0.5) is 0 Å². The molecular weight excluding hydrogens is 200 g/mol. The Morgan fingerprint density at radius 1 is 1.06 bits per heavy atom. The van der Waals surface area contributed by atoms with Crippen LogP contribution in [0.3, 0.4) is 0 Å². The predicted molar refractivity (Wildman–Crippen MR) is 64.8 cm³/mol. The van der Waals surface area contributed by atoms with Crippen LogP contribution in [0.25, 0.3) is 11.1 Å². The lowest BCUT2D eigenvalue weighted by Crippen LogP contribution is -1.84. The van der Waals surface area contributed by atoms with Gasteiger partial charge in [0.2, 0.25) is 0 Å². The Kier molecular flexibility index (Phi) is 2.82. The van der Waals surface area contributed by atoms with E-state index in [4.69, 9.17) is 4.74 Å². The molecule has 2 nitrogen and oxygen atoms in total. The van der Waals surface area contributed by atoms with Crippen molar-refractivity contribution in [1.82, 2.24) is 0 Å². The largest absolute Gasteiger partial charge is 0.507 e. The lowest BCUT2D eigenvalue weighted by atomic mass is 10.0. The summed E-state index contributed by atoms with van der Waals surface area (Å²) in [6, 6.07) is 13.3. The molecule has 16 heavy (non-hydrogen) atoms. The van der Waals surface area contributed by atoms with Gasteiger partial charge < -0.3 is 9.84 Å². The molecule has 82 valence electrons. The second-order valence-electron chi connectivity index (χ2n) is 3.75. The van der Waals surface area contributed by atoms with Gasteiger partial charge in [0.05, 0.1) is 7.11 Å². The minimum absolute atomic E-state index is 0.299. The first kappa shape index (κ1) is 10.6. The van der Waals surface area contributed by atoms with Gasteiger partial charge in [0.1, 0.15) is 11.5 Å². The first-order valence-corrected chi connectivity index (χ1v) is 5.15. The Labute approximate surface area is 95.1 Å². The van der Waals surface area contributed by atoms with E-state index in [0.717, 1.165) is 22.4 Å². The number of phenols is 1. The van der Waals surface area contributed by atoms with Crippen molar-refractivity contribution in [3.8, 4) is 22.6 Å². The Hall–Kier alpha value is -1.96. The Morgan fingerprint density at radius 2 is 1.88 bits per heavy atom. The molecule has 2 aromatic rings. The van der Waals surface area contributed by atoms with Gasteiger partial charge >= 0.3 is 0 Å². The molecule has 0 aliphatic heterocycles. The van der Waals surface area contributed by atoms with Gasteiger partial charge in [-0.15, -0.1) is 0 Å². The first-order valence-electron chi connectivity index (χ1n) is 5.15. The minimum Gasteiger partial charge on any atom is -0.507 e. The number of hydrogen-bond acceptors (Lipinski definition) is 2. The number of rotatable bonds is 2. The molecular formula is C14H14O2. The highest BCUT2D eigenvalue weighted by molar-refractivity contribution is 5.71. The van der Waals surface area contributed by atoms with Crippen LogP contribution in [0, 0.1) is 6.92 Å². The summed E-state index contributed by atoms with van der Waals surface area (Å²) in [5.41, 5.74) is 2.82. The normalized spacial score (nSPS) is 10.1. The Morgan fingerprint density at radius 3 is 2.56 bits per heavy atom. The molecule has 0 heterocycles. The molecule has 0 aliphatic carbocycles. The van der Waals surface area contributed by atoms with Gasteiger partial charge in [0.25, 0.3) is 0 Å². The number of phenolic OH excluding ortho intramolecular Hbond substituents is 1. The zero-order valence-corrected chi connectivity index (χ0v) is 9.40. The van der Waals surface area contributed by atoms with E-state index in [-0.39, 0.29) is 0 Å². The van der Waals surface area contributed by atoms with E-state index in [1.54, 1.807) is 13.2 Å². The molecule has 0 atom stereocenters. The highest BCUT2D eigenvalue weighted by Crippen LogP contribution is 2.31. The van der Waals surface area contributed by atoms with Crippen molar-refractivity contribution in [2.45, 2.75) is 6.92 Å². The van der Waals surface area contributed by atoms with Crippen molar-refractivity contribution < 1.29 is 9.84 Å². The van der Waals surface area contributed by atoms with Crippen LogP contribution >= 0.6 is 0 Å². The minimum atomic E-state index is 0.299. The quantitative estimate of drug-likeness (QED) is 0.830. The molecule has 0 unspecified atom stereocenters. The molecule has 0 bridgehead atoms. The maximum Gasteiger partial charge on any atom is 0.123 e. The average molecular weight is 214 g/mol. The summed E-state index contributed by atoms with van der Waals surface area (Å²) < 4.78 is 5.16. The van der Waals surface area contributed by atoms with E-state index in [9.17, 15) is 5.11 Å². The Balaban J connectivity index is 2.49. The van der Waals surface area contributed by atoms with Crippen LogP contribution in [-0.2, 0) is 0 Å². The van der Waals surface area contributed by atoms with Crippen LogP contribution < -0.4 is 4.74 Å². The molecule has 0 aromatic heterocycles. The standard InChI is InChI=1S/C14H14O2/c1-10-6-7-13(14(15)8-10)11-4-3-5-12(9-11)16-2/h3-9,15H,1-2H3. The maximum absolute atomic E-state index is 9.87. The summed E-state index contributed by atoms with van der Waals surface area (Å²) >= 11 is 0. The zero-order valence-electron chi connectivity index (χ0n) is 9.40. The van der Waals surface area contributed by atoms with Gasteiger partial charge in [-0.2, -0.15) is 0 Å². The van der Waals surface area contributed by atoms with Crippen LogP contribution in [-0.4, -0.2) is 12.2 Å². The number of hydrogen-bond donors (Lipinski definition) is 1. The van der Waals surface area contributed by atoms with Gasteiger partial charge in [-0.3, -0.25) is 0 Å². The summed E-state index contributed by atoms with van der Waals surface area (Å²) in [5, 5.41) is 9.87. The third-order valence-corrected chi connectivity index (χ3v) is 2.53. The summed E-state index contributed by atoms with van der Waals surface area (Å²) in [6.07, 6.45) is 0. The van der Waals surface area contributed by atoms with Gasteiger partial charge in [-0.25, -0.2) is 0 Å². The van der Waals surface area contributed by atoms with E-state index in [0.29, 0.717) is 5.75 Å². The molecule has 0 spiro atoms. The number of ether oxygens (including phenoxy) is 1. The second-order valence-corrected chi connectivity index (χ2v) is 3.75. The second kappa shape index (κ2) is 4.27. The number of aromatic hydroxyl groups is 1. The summed E-state index contributed by atoms with van der Waals surface area (Å²) in [6.45, 7) is 1.95. The van der Waals surface area contributed by atoms with Crippen LogP contribution in [0.5, 0.6) is 11.5 Å². The highest BCUT2D eigenvalue weighted by atomic mass is 16.5.